The Morgan fingerprint density at radius 1 is 0.781 bits per heavy atom. The Morgan fingerprint density at radius 3 is 1.91 bits per heavy atom. The lowest BCUT2D eigenvalue weighted by molar-refractivity contribution is -0.0261. The average Bonchev–Trinajstić information content (AvgIpc) is 3.05. The quantitative estimate of drug-likeness (QED) is 0.433. The molecular formula is C26H31ClN2O3. The number of halogens is 1. The number of hydrogen-bond donors (Lipinski definition) is 1. The third kappa shape index (κ3) is 5.06. The maximum atomic E-state index is 12.4. The average molecular weight is 455 g/mol. The topological polar surface area (TPSA) is 60.9 Å². The standard InChI is InChI=1S/C26H31ClN2O3/c27-21-12-10-20(11-13-21)26(32)14-18-28(19-15-26)16-6-2-1-3-7-17-29-24(30)22-8-4-5-9-23(22)25(29)31/h4-5,8-13,32H,1-3,6-7,14-19H2. The molecule has 0 aliphatic carbocycles. The second-order valence-electron chi connectivity index (χ2n) is 8.96. The van der Waals surface area contributed by atoms with Crippen LogP contribution < -0.4 is 0 Å². The van der Waals surface area contributed by atoms with E-state index in [2.05, 4.69) is 4.90 Å². The van der Waals surface area contributed by atoms with Crippen molar-refractivity contribution in [3.05, 3.63) is 70.2 Å². The van der Waals surface area contributed by atoms with Gasteiger partial charge in [-0.15, -0.1) is 0 Å². The normalized spacial score (nSPS) is 18.2. The van der Waals surface area contributed by atoms with Crippen molar-refractivity contribution in [2.75, 3.05) is 26.2 Å². The lowest BCUT2D eigenvalue weighted by atomic mass is 9.84. The van der Waals surface area contributed by atoms with E-state index < -0.39 is 5.60 Å². The molecule has 1 saturated heterocycles. The minimum atomic E-state index is -0.745. The van der Waals surface area contributed by atoms with Crippen LogP contribution in [0.4, 0.5) is 0 Å². The van der Waals surface area contributed by atoms with Gasteiger partial charge in [0.2, 0.25) is 0 Å². The molecule has 2 aliphatic heterocycles. The summed E-state index contributed by atoms with van der Waals surface area (Å²) in [7, 11) is 0. The number of aliphatic hydroxyl groups is 1. The maximum Gasteiger partial charge on any atom is 0.261 e. The highest BCUT2D eigenvalue weighted by Gasteiger charge is 2.35. The fourth-order valence-electron chi connectivity index (χ4n) is 4.77. The Labute approximate surface area is 195 Å². The lowest BCUT2D eigenvalue weighted by Crippen LogP contribution is -2.42. The molecular weight excluding hydrogens is 424 g/mol. The minimum absolute atomic E-state index is 0.158. The molecule has 0 aromatic heterocycles. The van der Waals surface area contributed by atoms with E-state index in [-0.39, 0.29) is 11.8 Å². The van der Waals surface area contributed by atoms with E-state index in [4.69, 9.17) is 11.6 Å². The van der Waals surface area contributed by atoms with Gasteiger partial charge in [0.25, 0.3) is 11.8 Å². The first-order valence-electron chi connectivity index (χ1n) is 11.6. The Bertz CT molecular complexity index is 917. The highest BCUT2D eigenvalue weighted by atomic mass is 35.5. The van der Waals surface area contributed by atoms with Crippen molar-refractivity contribution >= 4 is 23.4 Å². The maximum absolute atomic E-state index is 12.4. The Balaban J connectivity index is 1.09. The Kier molecular flexibility index (Phi) is 7.29. The predicted molar refractivity (Wildman–Crippen MR) is 126 cm³/mol. The zero-order chi connectivity index (χ0) is 22.6. The molecule has 0 bridgehead atoms. The first-order chi connectivity index (χ1) is 15.5. The van der Waals surface area contributed by atoms with Crippen LogP contribution in [0.5, 0.6) is 0 Å². The molecule has 0 saturated carbocycles. The minimum Gasteiger partial charge on any atom is -0.385 e. The van der Waals surface area contributed by atoms with Gasteiger partial charge in [0.05, 0.1) is 16.7 Å². The largest absolute Gasteiger partial charge is 0.385 e. The van der Waals surface area contributed by atoms with E-state index in [0.29, 0.717) is 22.7 Å². The number of carbonyl (C=O) groups excluding carboxylic acids is 2. The van der Waals surface area contributed by atoms with Gasteiger partial charge in [-0.05, 0) is 62.1 Å². The van der Waals surface area contributed by atoms with Crippen LogP contribution in [-0.2, 0) is 5.60 Å². The van der Waals surface area contributed by atoms with Crippen molar-refractivity contribution in [1.82, 2.24) is 9.80 Å². The summed E-state index contributed by atoms with van der Waals surface area (Å²) in [4.78, 5) is 28.6. The van der Waals surface area contributed by atoms with E-state index in [9.17, 15) is 14.7 Å². The van der Waals surface area contributed by atoms with Crippen LogP contribution in [0, 0.1) is 0 Å². The number of rotatable bonds is 9. The number of benzene rings is 2. The summed E-state index contributed by atoms with van der Waals surface area (Å²) in [5.74, 6) is -0.316. The summed E-state index contributed by atoms with van der Waals surface area (Å²) in [5.41, 5.74) is 1.27. The van der Waals surface area contributed by atoms with Crippen LogP contribution in [0.2, 0.25) is 5.02 Å². The molecule has 0 unspecified atom stereocenters. The fourth-order valence-corrected chi connectivity index (χ4v) is 4.90. The van der Waals surface area contributed by atoms with Crippen molar-refractivity contribution in [2.45, 2.75) is 50.5 Å². The van der Waals surface area contributed by atoms with Crippen LogP contribution >= 0.6 is 11.6 Å². The first-order valence-corrected chi connectivity index (χ1v) is 12.0. The molecule has 6 heteroatoms. The number of likely N-dealkylation sites (tertiary alicyclic amines) is 1. The molecule has 1 fully saturated rings. The number of nitrogens with zero attached hydrogens (tertiary/aromatic N) is 2. The van der Waals surface area contributed by atoms with Crippen LogP contribution in [0.1, 0.15) is 71.2 Å². The highest BCUT2D eigenvalue weighted by molar-refractivity contribution is 6.30. The summed E-state index contributed by atoms with van der Waals surface area (Å²) in [6.07, 6.45) is 6.73. The van der Waals surface area contributed by atoms with Crippen molar-refractivity contribution in [2.24, 2.45) is 0 Å². The summed E-state index contributed by atoms with van der Waals surface area (Å²) in [6, 6.07) is 14.6. The van der Waals surface area contributed by atoms with E-state index in [1.165, 1.54) is 4.90 Å². The number of imide groups is 1. The molecule has 5 nitrogen and oxygen atoms in total. The molecule has 2 aromatic carbocycles. The molecule has 2 aliphatic rings. The number of unbranched alkanes of at least 4 members (excludes halogenated alkanes) is 4. The molecule has 0 radical (unpaired) electrons. The molecule has 0 spiro atoms. The van der Waals surface area contributed by atoms with Gasteiger partial charge in [-0.2, -0.15) is 0 Å². The molecule has 2 aromatic rings. The van der Waals surface area contributed by atoms with Gasteiger partial charge >= 0.3 is 0 Å². The van der Waals surface area contributed by atoms with Crippen molar-refractivity contribution in [3.63, 3.8) is 0 Å². The van der Waals surface area contributed by atoms with Crippen LogP contribution in [0.3, 0.4) is 0 Å². The summed E-state index contributed by atoms with van der Waals surface area (Å²) in [5, 5.41) is 11.7. The van der Waals surface area contributed by atoms with Gasteiger partial charge in [0.1, 0.15) is 0 Å². The number of hydrogen-bond acceptors (Lipinski definition) is 4. The SMILES string of the molecule is O=C1c2ccccc2C(=O)N1CCCCCCCN1CCC(O)(c2ccc(Cl)cc2)CC1. The van der Waals surface area contributed by atoms with E-state index >= 15 is 0 Å². The monoisotopic (exact) mass is 454 g/mol. The third-order valence-corrected chi connectivity index (χ3v) is 7.05. The van der Waals surface area contributed by atoms with Crippen molar-refractivity contribution in [1.29, 1.82) is 0 Å². The molecule has 0 atom stereocenters. The first kappa shape index (κ1) is 23.0. The molecule has 1 N–H and O–H groups in total. The number of piperidine rings is 1. The number of amides is 2. The summed E-state index contributed by atoms with van der Waals surface area (Å²) < 4.78 is 0. The molecule has 2 heterocycles. The molecule has 32 heavy (non-hydrogen) atoms. The van der Waals surface area contributed by atoms with Gasteiger partial charge in [-0.25, -0.2) is 0 Å². The molecule has 2 amide bonds. The van der Waals surface area contributed by atoms with E-state index in [1.807, 2.05) is 24.3 Å². The van der Waals surface area contributed by atoms with Gasteiger partial charge in [0.15, 0.2) is 0 Å². The number of fused-ring (bicyclic) bond motifs is 1. The molecule has 4 rings (SSSR count). The van der Waals surface area contributed by atoms with E-state index in [0.717, 1.165) is 70.1 Å². The van der Waals surface area contributed by atoms with Crippen LogP contribution in [0.15, 0.2) is 48.5 Å². The van der Waals surface area contributed by atoms with Gasteiger partial charge in [-0.3, -0.25) is 14.5 Å². The molecule has 170 valence electrons. The summed E-state index contributed by atoms with van der Waals surface area (Å²) in [6.45, 7) is 3.36. The smallest absolute Gasteiger partial charge is 0.261 e. The van der Waals surface area contributed by atoms with Crippen LogP contribution in [0.25, 0.3) is 0 Å². The number of carbonyl (C=O) groups is 2. The Morgan fingerprint density at radius 2 is 1.31 bits per heavy atom. The second kappa shape index (κ2) is 10.2. The summed E-state index contributed by atoms with van der Waals surface area (Å²) >= 11 is 5.96. The van der Waals surface area contributed by atoms with Crippen LogP contribution in [-0.4, -0.2) is 52.9 Å². The highest BCUT2D eigenvalue weighted by Crippen LogP contribution is 2.33. The van der Waals surface area contributed by atoms with Crippen molar-refractivity contribution in [3.8, 4) is 0 Å². The van der Waals surface area contributed by atoms with Gasteiger partial charge in [0, 0.05) is 24.7 Å². The van der Waals surface area contributed by atoms with Gasteiger partial charge < -0.3 is 10.0 Å². The third-order valence-electron chi connectivity index (χ3n) is 6.80. The predicted octanol–water partition coefficient (Wildman–Crippen LogP) is 4.87. The fraction of sp³-hybridized carbons (Fsp3) is 0.462. The Hall–Kier alpha value is -2.21. The van der Waals surface area contributed by atoms with Gasteiger partial charge in [-0.1, -0.05) is 55.1 Å². The van der Waals surface area contributed by atoms with E-state index in [1.54, 1.807) is 24.3 Å². The zero-order valence-corrected chi connectivity index (χ0v) is 19.2. The second-order valence-corrected chi connectivity index (χ2v) is 9.39. The van der Waals surface area contributed by atoms with Crippen molar-refractivity contribution < 1.29 is 14.7 Å². The zero-order valence-electron chi connectivity index (χ0n) is 18.4. The lowest BCUT2D eigenvalue weighted by Gasteiger charge is -2.38.